The lowest BCUT2D eigenvalue weighted by Gasteiger charge is -2.20. The van der Waals surface area contributed by atoms with E-state index in [1.54, 1.807) is 12.3 Å². The number of aromatic nitrogens is 1. The highest BCUT2D eigenvalue weighted by atomic mass is 35.5. The molecule has 1 aliphatic heterocycles. The molecule has 1 aliphatic rings. The number of pyridine rings is 1. The van der Waals surface area contributed by atoms with Gasteiger partial charge in [-0.25, -0.2) is 9.78 Å². The van der Waals surface area contributed by atoms with E-state index in [1.165, 1.54) is 12.7 Å². The molecule has 0 N–H and O–H groups in total. The van der Waals surface area contributed by atoms with Crippen molar-refractivity contribution in [1.82, 2.24) is 4.98 Å². The van der Waals surface area contributed by atoms with Gasteiger partial charge in [-0.1, -0.05) is 41.9 Å². The fraction of sp³-hybridized carbons (Fsp3) is 0.294. The number of carbonyl (C=O) groups excluding carboxylic acids is 1. The van der Waals surface area contributed by atoms with Crippen LogP contribution < -0.4 is 4.90 Å². The number of hydrogen-bond donors (Lipinski definition) is 0. The maximum atomic E-state index is 11.9. The fourth-order valence-corrected chi connectivity index (χ4v) is 3.05. The second-order valence-electron chi connectivity index (χ2n) is 5.36. The standard InChI is InChI=1S/C17H17ClN2O2/c1-22-17(21)15-9-14(18)10-19-16(15)20-8-7-13(11-20)12-5-3-2-4-6-12/h2-6,9-10,13H,7-8,11H2,1H3. The molecular weight excluding hydrogens is 300 g/mol. The molecule has 0 saturated carbocycles. The van der Waals surface area contributed by atoms with Crippen molar-refractivity contribution < 1.29 is 9.53 Å². The highest BCUT2D eigenvalue weighted by molar-refractivity contribution is 6.30. The first kappa shape index (κ1) is 14.9. The van der Waals surface area contributed by atoms with Crippen molar-refractivity contribution in [2.75, 3.05) is 25.1 Å². The summed E-state index contributed by atoms with van der Waals surface area (Å²) < 4.78 is 4.84. The van der Waals surface area contributed by atoms with Crippen molar-refractivity contribution in [1.29, 1.82) is 0 Å². The van der Waals surface area contributed by atoms with Crippen molar-refractivity contribution >= 4 is 23.4 Å². The molecule has 1 saturated heterocycles. The average Bonchev–Trinajstić information content (AvgIpc) is 3.04. The van der Waals surface area contributed by atoms with Crippen LogP contribution in [0.4, 0.5) is 5.82 Å². The molecule has 1 aromatic carbocycles. The predicted octanol–water partition coefficient (Wildman–Crippen LogP) is 3.52. The number of ether oxygens (including phenoxy) is 1. The quantitative estimate of drug-likeness (QED) is 0.813. The van der Waals surface area contributed by atoms with E-state index >= 15 is 0 Å². The molecule has 1 unspecified atom stereocenters. The van der Waals surface area contributed by atoms with Gasteiger partial charge in [-0.2, -0.15) is 0 Å². The van der Waals surface area contributed by atoms with Gasteiger partial charge in [-0.3, -0.25) is 0 Å². The molecule has 22 heavy (non-hydrogen) atoms. The Morgan fingerprint density at radius 1 is 1.36 bits per heavy atom. The van der Waals surface area contributed by atoms with Crippen LogP contribution in [0.5, 0.6) is 0 Å². The minimum absolute atomic E-state index is 0.409. The van der Waals surface area contributed by atoms with Crippen LogP contribution in [0.2, 0.25) is 5.02 Å². The molecule has 2 heterocycles. The van der Waals surface area contributed by atoms with Crippen LogP contribution >= 0.6 is 11.6 Å². The zero-order chi connectivity index (χ0) is 15.5. The topological polar surface area (TPSA) is 42.4 Å². The Morgan fingerprint density at radius 2 is 2.14 bits per heavy atom. The molecule has 1 fully saturated rings. The first-order chi connectivity index (χ1) is 10.7. The number of esters is 1. The number of nitrogens with zero attached hydrogens (tertiary/aromatic N) is 2. The fourth-order valence-electron chi connectivity index (χ4n) is 2.89. The van der Waals surface area contributed by atoms with E-state index in [9.17, 15) is 4.79 Å². The molecule has 0 amide bonds. The summed E-state index contributed by atoms with van der Waals surface area (Å²) >= 11 is 5.96. The van der Waals surface area contributed by atoms with Crippen LogP contribution in [0, 0.1) is 0 Å². The number of rotatable bonds is 3. The van der Waals surface area contributed by atoms with Gasteiger partial charge in [0.15, 0.2) is 0 Å². The van der Waals surface area contributed by atoms with Crippen LogP contribution in [0.3, 0.4) is 0 Å². The van der Waals surface area contributed by atoms with Crippen molar-refractivity contribution in [3.8, 4) is 0 Å². The molecular formula is C17H17ClN2O2. The van der Waals surface area contributed by atoms with Gasteiger partial charge in [0.2, 0.25) is 0 Å². The van der Waals surface area contributed by atoms with E-state index in [0.717, 1.165) is 19.5 Å². The third-order valence-electron chi connectivity index (χ3n) is 4.00. The van der Waals surface area contributed by atoms with Gasteiger partial charge in [0.25, 0.3) is 0 Å². The van der Waals surface area contributed by atoms with E-state index in [4.69, 9.17) is 16.3 Å². The number of methoxy groups -OCH3 is 1. The van der Waals surface area contributed by atoms with Crippen LogP contribution in [-0.2, 0) is 4.74 Å². The van der Waals surface area contributed by atoms with Gasteiger partial charge in [-0.15, -0.1) is 0 Å². The SMILES string of the molecule is COC(=O)c1cc(Cl)cnc1N1CCC(c2ccccc2)C1. The summed E-state index contributed by atoms with van der Waals surface area (Å²) in [5, 5.41) is 0.433. The van der Waals surface area contributed by atoms with Gasteiger partial charge in [0.1, 0.15) is 11.4 Å². The van der Waals surface area contributed by atoms with E-state index in [1.807, 2.05) is 6.07 Å². The highest BCUT2D eigenvalue weighted by Crippen LogP contribution is 2.32. The lowest BCUT2D eigenvalue weighted by atomic mass is 9.99. The number of carbonyl (C=O) groups is 1. The number of halogens is 1. The van der Waals surface area contributed by atoms with Gasteiger partial charge in [0, 0.05) is 25.2 Å². The minimum Gasteiger partial charge on any atom is -0.465 e. The van der Waals surface area contributed by atoms with E-state index in [2.05, 4.69) is 34.1 Å². The summed E-state index contributed by atoms with van der Waals surface area (Å²) in [6, 6.07) is 12.0. The molecule has 4 nitrogen and oxygen atoms in total. The van der Waals surface area contributed by atoms with Crippen LogP contribution in [0.1, 0.15) is 28.3 Å². The lowest BCUT2D eigenvalue weighted by molar-refractivity contribution is 0.0601. The lowest BCUT2D eigenvalue weighted by Crippen LogP contribution is -2.23. The molecule has 1 aromatic heterocycles. The second-order valence-corrected chi connectivity index (χ2v) is 5.80. The Balaban J connectivity index is 1.85. The van der Waals surface area contributed by atoms with E-state index in [0.29, 0.717) is 22.3 Å². The van der Waals surface area contributed by atoms with E-state index in [-0.39, 0.29) is 0 Å². The van der Waals surface area contributed by atoms with Gasteiger partial charge in [-0.05, 0) is 18.1 Å². The normalized spacial score (nSPS) is 17.5. The molecule has 1 atom stereocenters. The monoisotopic (exact) mass is 316 g/mol. The van der Waals surface area contributed by atoms with Gasteiger partial charge < -0.3 is 9.64 Å². The molecule has 3 rings (SSSR count). The first-order valence-corrected chi connectivity index (χ1v) is 7.60. The maximum Gasteiger partial charge on any atom is 0.341 e. The van der Waals surface area contributed by atoms with Crippen molar-refractivity contribution in [3.63, 3.8) is 0 Å². The Bertz CT molecular complexity index is 676. The molecule has 0 bridgehead atoms. The summed E-state index contributed by atoms with van der Waals surface area (Å²) in [5.74, 6) is 0.687. The Labute approximate surface area is 134 Å². The largest absolute Gasteiger partial charge is 0.465 e. The molecule has 0 spiro atoms. The van der Waals surface area contributed by atoms with Gasteiger partial charge >= 0.3 is 5.97 Å². The summed E-state index contributed by atoms with van der Waals surface area (Å²) in [6.45, 7) is 1.70. The summed E-state index contributed by atoms with van der Waals surface area (Å²) in [4.78, 5) is 18.4. The summed E-state index contributed by atoms with van der Waals surface area (Å²) in [6.07, 6.45) is 2.61. The first-order valence-electron chi connectivity index (χ1n) is 7.23. The van der Waals surface area contributed by atoms with E-state index < -0.39 is 5.97 Å². The Hall–Kier alpha value is -2.07. The second kappa shape index (κ2) is 6.36. The van der Waals surface area contributed by atoms with Crippen molar-refractivity contribution in [3.05, 3.63) is 58.7 Å². The summed E-state index contributed by atoms with van der Waals surface area (Å²) in [7, 11) is 1.36. The van der Waals surface area contributed by atoms with Crippen molar-refractivity contribution in [2.24, 2.45) is 0 Å². The maximum absolute atomic E-state index is 11.9. The molecule has 0 aliphatic carbocycles. The smallest absolute Gasteiger partial charge is 0.341 e. The molecule has 2 aromatic rings. The molecule has 5 heteroatoms. The number of anilines is 1. The van der Waals surface area contributed by atoms with Crippen molar-refractivity contribution in [2.45, 2.75) is 12.3 Å². The molecule has 0 radical (unpaired) electrons. The third kappa shape index (κ3) is 2.92. The average molecular weight is 317 g/mol. The van der Waals surface area contributed by atoms with Crippen LogP contribution in [0.15, 0.2) is 42.6 Å². The zero-order valence-electron chi connectivity index (χ0n) is 12.3. The molecule has 114 valence electrons. The third-order valence-corrected chi connectivity index (χ3v) is 4.20. The van der Waals surface area contributed by atoms with Gasteiger partial charge in [0.05, 0.1) is 12.1 Å². The predicted molar refractivity (Wildman–Crippen MR) is 86.6 cm³/mol. The van der Waals surface area contributed by atoms with Crippen LogP contribution in [-0.4, -0.2) is 31.2 Å². The number of benzene rings is 1. The summed E-state index contributed by atoms with van der Waals surface area (Å²) in [5.41, 5.74) is 1.74. The minimum atomic E-state index is -0.409. The highest BCUT2D eigenvalue weighted by Gasteiger charge is 2.28. The zero-order valence-corrected chi connectivity index (χ0v) is 13.1. The Kier molecular flexibility index (Phi) is 4.29. The Morgan fingerprint density at radius 3 is 2.86 bits per heavy atom. The number of hydrogen-bond acceptors (Lipinski definition) is 4. The van der Waals surface area contributed by atoms with Crippen LogP contribution in [0.25, 0.3) is 0 Å².